The molecule has 1 atom stereocenters. The van der Waals surface area contributed by atoms with Crippen molar-refractivity contribution < 1.29 is 9.53 Å². The molecular weight excluding hydrogens is 226 g/mol. The molecule has 1 amide bonds. The number of amides is 1. The van der Waals surface area contributed by atoms with Crippen molar-refractivity contribution in [3.8, 4) is 0 Å². The fraction of sp³-hybridized carbons (Fsp3) is 0.533. The molecule has 1 N–H and O–H groups in total. The van der Waals surface area contributed by atoms with Gasteiger partial charge in [-0.05, 0) is 44.7 Å². The minimum Gasteiger partial charge on any atom is -0.378 e. The molecule has 1 heterocycles. The molecule has 3 heteroatoms. The zero-order valence-electron chi connectivity index (χ0n) is 11.2. The highest BCUT2D eigenvalue weighted by Gasteiger charge is 2.17. The summed E-state index contributed by atoms with van der Waals surface area (Å²) < 4.78 is 5.57. The van der Waals surface area contributed by atoms with Crippen LogP contribution in [-0.2, 0) is 9.53 Å². The predicted molar refractivity (Wildman–Crippen MR) is 72.8 cm³/mol. The number of carbonyl (C=O) groups is 1. The van der Waals surface area contributed by atoms with E-state index in [2.05, 4.69) is 18.3 Å². The summed E-state index contributed by atoms with van der Waals surface area (Å²) >= 11 is 0. The SMILES string of the molecule is Cc1ccc(NC(=O)CC2CCCCO2)c(C)c1. The molecule has 1 aliphatic rings. The minimum absolute atomic E-state index is 0.0499. The van der Waals surface area contributed by atoms with Crippen molar-refractivity contribution in [2.75, 3.05) is 11.9 Å². The summed E-state index contributed by atoms with van der Waals surface area (Å²) in [5, 5.41) is 2.97. The Morgan fingerprint density at radius 2 is 2.22 bits per heavy atom. The summed E-state index contributed by atoms with van der Waals surface area (Å²) in [6.45, 7) is 4.86. The van der Waals surface area contributed by atoms with Gasteiger partial charge in [0.25, 0.3) is 0 Å². The van der Waals surface area contributed by atoms with Crippen LogP contribution in [0.4, 0.5) is 5.69 Å². The first-order valence-corrected chi connectivity index (χ1v) is 6.64. The lowest BCUT2D eigenvalue weighted by molar-refractivity contribution is -0.119. The Morgan fingerprint density at radius 1 is 1.39 bits per heavy atom. The average molecular weight is 247 g/mol. The lowest BCUT2D eigenvalue weighted by Gasteiger charge is -2.22. The fourth-order valence-corrected chi connectivity index (χ4v) is 2.33. The summed E-state index contributed by atoms with van der Waals surface area (Å²) in [5.74, 6) is 0.0499. The molecule has 3 nitrogen and oxygen atoms in total. The van der Waals surface area contributed by atoms with Crippen molar-refractivity contribution in [3.05, 3.63) is 29.3 Å². The van der Waals surface area contributed by atoms with E-state index in [1.165, 1.54) is 12.0 Å². The summed E-state index contributed by atoms with van der Waals surface area (Å²) in [5.41, 5.74) is 3.22. The maximum atomic E-state index is 11.9. The highest BCUT2D eigenvalue weighted by atomic mass is 16.5. The number of aryl methyl sites for hydroxylation is 2. The molecule has 18 heavy (non-hydrogen) atoms. The minimum atomic E-state index is 0.0499. The van der Waals surface area contributed by atoms with Gasteiger partial charge in [-0.2, -0.15) is 0 Å². The van der Waals surface area contributed by atoms with E-state index in [9.17, 15) is 4.79 Å². The van der Waals surface area contributed by atoms with Gasteiger partial charge in [0.05, 0.1) is 12.5 Å². The lowest BCUT2D eigenvalue weighted by atomic mass is 10.1. The van der Waals surface area contributed by atoms with Crippen LogP contribution in [0.1, 0.15) is 36.8 Å². The van der Waals surface area contributed by atoms with Gasteiger partial charge in [-0.25, -0.2) is 0 Å². The Bertz CT molecular complexity index is 423. The first-order valence-electron chi connectivity index (χ1n) is 6.64. The van der Waals surface area contributed by atoms with E-state index in [-0.39, 0.29) is 12.0 Å². The van der Waals surface area contributed by atoms with Gasteiger partial charge in [0.1, 0.15) is 0 Å². The summed E-state index contributed by atoms with van der Waals surface area (Å²) in [6, 6.07) is 6.05. The van der Waals surface area contributed by atoms with Crippen LogP contribution >= 0.6 is 0 Å². The van der Waals surface area contributed by atoms with Crippen LogP contribution in [0.15, 0.2) is 18.2 Å². The van der Waals surface area contributed by atoms with E-state index in [1.807, 2.05) is 19.1 Å². The fourth-order valence-electron chi connectivity index (χ4n) is 2.33. The summed E-state index contributed by atoms with van der Waals surface area (Å²) in [6.07, 6.45) is 3.86. The van der Waals surface area contributed by atoms with Crippen LogP contribution in [0.5, 0.6) is 0 Å². The van der Waals surface area contributed by atoms with E-state index in [1.54, 1.807) is 0 Å². The molecule has 1 aromatic rings. The van der Waals surface area contributed by atoms with Crippen molar-refractivity contribution in [3.63, 3.8) is 0 Å². The van der Waals surface area contributed by atoms with Crippen LogP contribution in [0, 0.1) is 13.8 Å². The van der Waals surface area contributed by atoms with Gasteiger partial charge in [0, 0.05) is 12.3 Å². The lowest BCUT2D eigenvalue weighted by Crippen LogP contribution is -2.25. The Morgan fingerprint density at radius 3 is 2.89 bits per heavy atom. The summed E-state index contributed by atoms with van der Waals surface area (Å²) in [4.78, 5) is 11.9. The maximum absolute atomic E-state index is 11.9. The number of carbonyl (C=O) groups excluding carboxylic acids is 1. The molecule has 0 aromatic heterocycles. The van der Waals surface area contributed by atoms with Gasteiger partial charge in [-0.1, -0.05) is 17.7 Å². The summed E-state index contributed by atoms with van der Waals surface area (Å²) in [7, 11) is 0. The van der Waals surface area contributed by atoms with E-state index in [4.69, 9.17) is 4.74 Å². The second-order valence-corrected chi connectivity index (χ2v) is 5.06. The highest BCUT2D eigenvalue weighted by molar-refractivity contribution is 5.91. The Hall–Kier alpha value is -1.35. The average Bonchev–Trinajstić information content (AvgIpc) is 2.34. The third-order valence-electron chi connectivity index (χ3n) is 3.34. The van der Waals surface area contributed by atoms with Crippen molar-refractivity contribution in [1.82, 2.24) is 0 Å². The molecule has 0 aliphatic carbocycles. The van der Waals surface area contributed by atoms with Crippen LogP contribution in [0.2, 0.25) is 0 Å². The van der Waals surface area contributed by atoms with Crippen LogP contribution < -0.4 is 5.32 Å². The maximum Gasteiger partial charge on any atom is 0.226 e. The number of nitrogens with one attached hydrogen (secondary N) is 1. The molecule has 2 rings (SSSR count). The molecule has 1 aliphatic heterocycles. The van der Waals surface area contributed by atoms with Crippen molar-refractivity contribution >= 4 is 11.6 Å². The first kappa shape index (κ1) is 13.1. The van der Waals surface area contributed by atoms with E-state index in [0.717, 1.165) is 30.7 Å². The van der Waals surface area contributed by atoms with E-state index in [0.29, 0.717) is 6.42 Å². The number of hydrogen-bond acceptors (Lipinski definition) is 2. The Balaban J connectivity index is 1.90. The van der Waals surface area contributed by atoms with Crippen LogP contribution in [-0.4, -0.2) is 18.6 Å². The predicted octanol–water partition coefficient (Wildman–Crippen LogP) is 3.20. The number of anilines is 1. The van der Waals surface area contributed by atoms with Gasteiger partial charge in [0.15, 0.2) is 0 Å². The van der Waals surface area contributed by atoms with Crippen LogP contribution in [0.25, 0.3) is 0 Å². The third kappa shape index (κ3) is 3.57. The molecular formula is C15H21NO2. The topological polar surface area (TPSA) is 38.3 Å². The number of rotatable bonds is 3. The van der Waals surface area contributed by atoms with Crippen LogP contribution in [0.3, 0.4) is 0 Å². The Labute approximate surface area is 109 Å². The quantitative estimate of drug-likeness (QED) is 0.890. The van der Waals surface area contributed by atoms with E-state index >= 15 is 0 Å². The van der Waals surface area contributed by atoms with Crippen molar-refractivity contribution in [2.24, 2.45) is 0 Å². The first-order chi connectivity index (χ1) is 8.65. The van der Waals surface area contributed by atoms with Crippen molar-refractivity contribution in [1.29, 1.82) is 0 Å². The van der Waals surface area contributed by atoms with Crippen molar-refractivity contribution in [2.45, 2.75) is 45.6 Å². The van der Waals surface area contributed by atoms with Gasteiger partial charge < -0.3 is 10.1 Å². The number of benzene rings is 1. The normalized spacial score (nSPS) is 19.6. The molecule has 0 spiro atoms. The monoisotopic (exact) mass is 247 g/mol. The zero-order valence-corrected chi connectivity index (χ0v) is 11.2. The molecule has 1 unspecified atom stereocenters. The molecule has 98 valence electrons. The molecule has 0 bridgehead atoms. The second-order valence-electron chi connectivity index (χ2n) is 5.06. The standard InChI is InChI=1S/C15H21NO2/c1-11-6-7-14(12(2)9-11)16-15(17)10-13-5-3-4-8-18-13/h6-7,9,13H,3-5,8,10H2,1-2H3,(H,16,17). The Kier molecular flexibility index (Phi) is 4.37. The van der Waals surface area contributed by atoms with Gasteiger partial charge in [0.2, 0.25) is 5.91 Å². The van der Waals surface area contributed by atoms with Gasteiger partial charge >= 0.3 is 0 Å². The molecule has 0 radical (unpaired) electrons. The molecule has 0 saturated carbocycles. The molecule has 1 aromatic carbocycles. The zero-order chi connectivity index (χ0) is 13.0. The number of hydrogen-bond donors (Lipinski definition) is 1. The van der Waals surface area contributed by atoms with Gasteiger partial charge in [-0.15, -0.1) is 0 Å². The third-order valence-corrected chi connectivity index (χ3v) is 3.34. The molecule has 1 fully saturated rings. The van der Waals surface area contributed by atoms with Gasteiger partial charge in [-0.3, -0.25) is 4.79 Å². The number of ether oxygens (including phenoxy) is 1. The molecule has 1 saturated heterocycles. The van der Waals surface area contributed by atoms with E-state index < -0.39 is 0 Å². The second kappa shape index (κ2) is 6.01. The highest BCUT2D eigenvalue weighted by Crippen LogP contribution is 2.19. The largest absolute Gasteiger partial charge is 0.378 e. The smallest absolute Gasteiger partial charge is 0.226 e.